The first-order chi connectivity index (χ1) is 12.0. The molecule has 0 bridgehead atoms. The number of amides is 2. The number of carbonyl (C=O) groups is 2. The lowest BCUT2D eigenvalue weighted by molar-refractivity contribution is -0.133. The molecular formula is C19H26ClN3O2. The minimum absolute atomic E-state index is 0.00540. The van der Waals surface area contributed by atoms with Crippen LogP contribution in [0.25, 0.3) is 0 Å². The Hall–Kier alpha value is -1.59. The number of nitrogens with one attached hydrogen (secondary N) is 1. The molecule has 2 amide bonds. The minimum atomic E-state index is 0.00540. The molecule has 2 saturated carbocycles. The molecule has 2 atom stereocenters. The summed E-state index contributed by atoms with van der Waals surface area (Å²) in [6.07, 6.45) is 6.00. The number of rotatable bonds is 5. The SMILES string of the molecule is CC(=O)N(Cc1cc(NC(=O)C2CC2)ccc1Cl)C1CCCCC1N. The van der Waals surface area contributed by atoms with Crippen LogP contribution in [0.4, 0.5) is 5.69 Å². The van der Waals surface area contributed by atoms with Gasteiger partial charge in [0.25, 0.3) is 0 Å². The van der Waals surface area contributed by atoms with Gasteiger partial charge in [0.1, 0.15) is 0 Å². The van der Waals surface area contributed by atoms with Crippen molar-refractivity contribution in [1.29, 1.82) is 0 Å². The Balaban J connectivity index is 1.76. The summed E-state index contributed by atoms with van der Waals surface area (Å²) in [4.78, 5) is 26.0. The largest absolute Gasteiger partial charge is 0.334 e. The molecule has 1 aromatic carbocycles. The Bertz CT molecular complexity index is 660. The van der Waals surface area contributed by atoms with Gasteiger partial charge in [0.2, 0.25) is 11.8 Å². The van der Waals surface area contributed by atoms with E-state index in [1.165, 1.54) is 0 Å². The first kappa shape index (κ1) is 18.2. The molecule has 25 heavy (non-hydrogen) atoms. The fraction of sp³-hybridized carbons (Fsp3) is 0.579. The third kappa shape index (κ3) is 4.53. The molecule has 0 saturated heterocycles. The van der Waals surface area contributed by atoms with Crippen molar-refractivity contribution >= 4 is 29.1 Å². The van der Waals surface area contributed by atoms with Crippen LogP contribution in [-0.2, 0) is 16.1 Å². The van der Waals surface area contributed by atoms with Crippen LogP contribution in [0.15, 0.2) is 18.2 Å². The van der Waals surface area contributed by atoms with Crippen LogP contribution in [0.3, 0.4) is 0 Å². The monoisotopic (exact) mass is 363 g/mol. The van der Waals surface area contributed by atoms with Crippen molar-refractivity contribution in [2.75, 3.05) is 5.32 Å². The number of hydrogen-bond donors (Lipinski definition) is 2. The molecule has 0 aromatic heterocycles. The van der Waals surface area contributed by atoms with Crippen LogP contribution < -0.4 is 11.1 Å². The van der Waals surface area contributed by atoms with E-state index in [1.807, 2.05) is 11.0 Å². The summed E-state index contributed by atoms with van der Waals surface area (Å²) in [7, 11) is 0. The van der Waals surface area contributed by atoms with Crippen LogP contribution >= 0.6 is 11.6 Å². The Morgan fingerprint density at radius 1 is 1.24 bits per heavy atom. The van der Waals surface area contributed by atoms with Gasteiger partial charge < -0.3 is 16.0 Å². The normalized spacial score (nSPS) is 23.2. The van der Waals surface area contributed by atoms with E-state index < -0.39 is 0 Å². The second-order valence-corrected chi connectivity index (χ2v) is 7.64. The predicted molar refractivity (Wildman–Crippen MR) is 99.3 cm³/mol. The summed E-state index contributed by atoms with van der Waals surface area (Å²) >= 11 is 6.35. The number of nitrogens with zero attached hydrogens (tertiary/aromatic N) is 1. The average molecular weight is 364 g/mol. The van der Waals surface area contributed by atoms with Gasteiger partial charge in [-0.2, -0.15) is 0 Å². The quantitative estimate of drug-likeness (QED) is 0.842. The van der Waals surface area contributed by atoms with Gasteiger partial charge in [0.15, 0.2) is 0 Å². The first-order valence-electron chi connectivity index (χ1n) is 9.08. The number of halogens is 1. The Labute approximate surface area is 153 Å². The summed E-state index contributed by atoms with van der Waals surface area (Å²) < 4.78 is 0. The highest BCUT2D eigenvalue weighted by Crippen LogP contribution is 2.31. The Morgan fingerprint density at radius 3 is 2.60 bits per heavy atom. The second-order valence-electron chi connectivity index (χ2n) is 7.23. The number of carbonyl (C=O) groups excluding carboxylic acids is 2. The molecule has 2 aliphatic carbocycles. The van der Waals surface area contributed by atoms with Gasteiger partial charge in [-0.15, -0.1) is 0 Å². The third-order valence-corrected chi connectivity index (χ3v) is 5.56. The van der Waals surface area contributed by atoms with Crippen LogP contribution in [0, 0.1) is 5.92 Å². The van der Waals surface area contributed by atoms with Gasteiger partial charge in [-0.25, -0.2) is 0 Å². The van der Waals surface area contributed by atoms with E-state index in [2.05, 4.69) is 5.32 Å². The van der Waals surface area contributed by atoms with Crippen molar-refractivity contribution in [2.45, 2.75) is 64.1 Å². The second kappa shape index (κ2) is 7.75. The van der Waals surface area contributed by atoms with E-state index in [1.54, 1.807) is 19.1 Å². The zero-order chi connectivity index (χ0) is 18.0. The minimum Gasteiger partial charge on any atom is -0.334 e. The molecule has 5 nitrogen and oxygen atoms in total. The van der Waals surface area contributed by atoms with E-state index in [4.69, 9.17) is 17.3 Å². The highest BCUT2D eigenvalue weighted by Gasteiger charge is 2.31. The van der Waals surface area contributed by atoms with Crippen molar-refractivity contribution in [3.8, 4) is 0 Å². The zero-order valence-electron chi connectivity index (χ0n) is 14.6. The summed E-state index contributed by atoms with van der Waals surface area (Å²) in [6.45, 7) is 1.99. The van der Waals surface area contributed by atoms with Crippen molar-refractivity contribution in [3.05, 3.63) is 28.8 Å². The lowest BCUT2D eigenvalue weighted by atomic mass is 9.89. The van der Waals surface area contributed by atoms with Crippen LogP contribution in [0.5, 0.6) is 0 Å². The number of benzene rings is 1. The molecule has 3 rings (SSSR count). The van der Waals surface area contributed by atoms with Gasteiger partial charge >= 0.3 is 0 Å². The summed E-state index contributed by atoms with van der Waals surface area (Å²) in [5, 5.41) is 3.53. The zero-order valence-corrected chi connectivity index (χ0v) is 15.4. The predicted octanol–water partition coefficient (Wildman–Crippen LogP) is 3.31. The molecule has 0 aliphatic heterocycles. The molecular weight excluding hydrogens is 338 g/mol. The van der Waals surface area contributed by atoms with Crippen molar-refractivity contribution in [3.63, 3.8) is 0 Å². The summed E-state index contributed by atoms with van der Waals surface area (Å²) in [5.41, 5.74) is 7.83. The molecule has 3 N–H and O–H groups in total. The number of hydrogen-bond acceptors (Lipinski definition) is 3. The molecule has 2 unspecified atom stereocenters. The van der Waals surface area contributed by atoms with Gasteiger partial charge in [-0.3, -0.25) is 9.59 Å². The molecule has 2 fully saturated rings. The highest BCUT2D eigenvalue weighted by molar-refractivity contribution is 6.31. The number of anilines is 1. The maximum atomic E-state index is 12.2. The van der Waals surface area contributed by atoms with E-state index in [-0.39, 0.29) is 29.8 Å². The van der Waals surface area contributed by atoms with E-state index in [0.717, 1.165) is 49.8 Å². The van der Waals surface area contributed by atoms with Gasteiger partial charge in [-0.1, -0.05) is 24.4 Å². The standard InChI is InChI=1S/C19H26ClN3O2/c1-12(24)23(18-5-3-2-4-17(18)21)11-14-10-15(8-9-16(14)20)22-19(25)13-6-7-13/h8-10,13,17-18H,2-7,11,21H2,1H3,(H,22,25). The van der Waals surface area contributed by atoms with Crippen molar-refractivity contribution in [1.82, 2.24) is 4.90 Å². The van der Waals surface area contributed by atoms with Crippen molar-refractivity contribution < 1.29 is 9.59 Å². The summed E-state index contributed by atoms with van der Waals surface area (Å²) in [6, 6.07) is 5.50. The van der Waals surface area contributed by atoms with Crippen LogP contribution in [-0.4, -0.2) is 28.8 Å². The van der Waals surface area contributed by atoms with Crippen LogP contribution in [0.2, 0.25) is 5.02 Å². The van der Waals surface area contributed by atoms with Crippen molar-refractivity contribution in [2.24, 2.45) is 11.7 Å². The van der Waals surface area contributed by atoms with Gasteiger partial charge in [0, 0.05) is 42.2 Å². The molecule has 0 radical (unpaired) electrons. The maximum Gasteiger partial charge on any atom is 0.227 e. The molecule has 136 valence electrons. The van der Waals surface area contributed by atoms with E-state index >= 15 is 0 Å². The molecule has 1 aromatic rings. The third-order valence-electron chi connectivity index (χ3n) is 5.19. The Morgan fingerprint density at radius 2 is 1.96 bits per heavy atom. The lowest BCUT2D eigenvalue weighted by Gasteiger charge is -2.38. The fourth-order valence-electron chi connectivity index (χ4n) is 3.54. The Kier molecular flexibility index (Phi) is 5.64. The number of nitrogens with two attached hydrogens (primary N) is 1. The lowest BCUT2D eigenvalue weighted by Crippen LogP contribution is -2.51. The van der Waals surface area contributed by atoms with Gasteiger partial charge in [0.05, 0.1) is 0 Å². The van der Waals surface area contributed by atoms with Crippen LogP contribution in [0.1, 0.15) is 51.0 Å². The molecule has 6 heteroatoms. The molecule has 0 heterocycles. The van der Waals surface area contributed by atoms with Gasteiger partial charge in [-0.05, 0) is 49.4 Å². The van der Waals surface area contributed by atoms with E-state index in [0.29, 0.717) is 11.6 Å². The fourth-order valence-corrected chi connectivity index (χ4v) is 3.71. The topological polar surface area (TPSA) is 75.4 Å². The molecule has 0 spiro atoms. The average Bonchev–Trinajstić information content (AvgIpc) is 3.41. The highest BCUT2D eigenvalue weighted by atomic mass is 35.5. The maximum absolute atomic E-state index is 12.2. The van der Waals surface area contributed by atoms with E-state index in [9.17, 15) is 9.59 Å². The summed E-state index contributed by atoms with van der Waals surface area (Å²) in [5.74, 6) is 0.213. The molecule has 2 aliphatic rings. The first-order valence-corrected chi connectivity index (χ1v) is 9.45. The smallest absolute Gasteiger partial charge is 0.227 e.